The number of carbonyl (C=O) groups excluding carboxylic acids is 1. The van der Waals surface area contributed by atoms with Crippen LogP contribution in [0.3, 0.4) is 0 Å². The van der Waals surface area contributed by atoms with Crippen molar-refractivity contribution in [3.8, 4) is 5.75 Å². The van der Waals surface area contributed by atoms with Gasteiger partial charge in [-0.05, 0) is 38.1 Å². The molecule has 0 atom stereocenters. The zero-order chi connectivity index (χ0) is 16.9. The third-order valence-corrected chi connectivity index (χ3v) is 4.13. The quantitative estimate of drug-likeness (QED) is 0.763. The number of carbonyl (C=O) groups is 1. The van der Waals surface area contributed by atoms with Gasteiger partial charge in [0.15, 0.2) is 0 Å². The summed E-state index contributed by atoms with van der Waals surface area (Å²) in [6.07, 6.45) is 0. The molecule has 2 aromatic heterocycles. The molecule has 0 aliphatic carbocycles. The molecule has 0 saturated heterocycles. The van der Waals surface area contributed by atoms with Crippen molar-refractivity contribution >= 4 is 23.1 Å². The first-order chi connectivity index (χ1) is 11.6. The number of para-hydroxylation sites is 1. The van der Waals surface area contributed by atoms with E-state index in [1.807, 2.05) is 37.4 Å². The molecular weight excluding hydrogens is 322 g/mol. The Morgan fingerprint density at radius 1 is 1.12 bits per heavy atom. The van der Waals surface area contributed by atoms with Gasteiger partial charge in [-0.25, -0.2) is 9.97 Å². The number of amides is 1. The Kier molecular flexibility index (Phi) is 4.86. The lowest BCUT2D eigenvalue weighted by molar-refractivity contribution is 0.102. The number of pyridine rings is 1. The molecule has 0 saturated carbocycles. The van der Waals surface area contributed by atoms with Crippen LogP contribution in [0.4, 0.5) is 5.82 Å². The molecule has 0 aliphatic heterocycles. The molecule has 5 nitrogen and oxygen atoms in total. The number of aryl methyl sites for hydroxylation is 2. The Bertz CT molecular complexity index is 861. The average Bonchev–Trinajstić information content (AvgIpc) is 2.99. The van der Waals surface area contributed by atoms with Crippen molar-refractivity contribution in [1.82, 2.24) is 9.97 Å². The van der Waals surface area contributed by atoms with E-state index in [2.05, 4.69) is 15.3 Å². The van der Waals surface area contributed by atoms with E-state index < -0.39 is 0 Å². The van der Waals surface area contributed by atoms with Crippen LogP contribution in [0.15, 0.2) is 47.8 Å². The highest BCUT2D eigenvalue weighted by molar-refractivity contribution is 7.09. The van der Waals surface area contributed by atoms with Crippen LogP contribution in [0.2, 0.25) is 0 Å². The number of nitrogens with zero attached hydrogens (tertiary/aromatic N) is 2. The lowest BCUT2D eigenvalue weighted by atomic mass is 10.2. The van der Waals surface area contributed by atoms with E-state index in [0.717, 1.165) is 16.4 Å². The number of benzene rings is 1. The van der Waals surface area contributed by atoms with Gasteiger partial charge >= 0.3 is 0 Å². The topological polar surface area (TPSA) is 64.1 Å². The molecule has 6 heteroatoms. The summed E-state index contributed by atoms with van der Waals surface area (Å²) in [7, 11) is 0. The molecule has 3 aromatic rings. The van der Waals surface area contributed by atoms with Gasteiger partial charge in [-0.3, -0.25) is 4.79 Å². The van der Waals surface area contributed by atoms with Crippen LogP contribution in [0.1, 0.15) is 26.8 Å². The van der Waals surface area contributed by atoms with Crippen molar-refractivity contribution in [2.75, 3.05) is 5.32 Å². The molecule has 0 bridgehead atoms. The van der Waals surface area contributed by atoms with E-state index in [-0.39, 0.29) is 5.91 Å². The second-order valence-electron chi connectivity index (χ2n) is 5.26. The van der Waals surface area contributed by atoms with E-state index in [1.54, 1.807) is 35.6 Å². The van der Waals surface area contributed by atoms with Gasteiger partial charge in [-0.2, -0.15) is 0 Å². The first kappa shape index (κ1) is 16.1. The standard InChI is InChI=1S/C18H17N3O2S/c1-12-6-5-9-17(19-12)21-18(22)15-7-3-4-8-16(15)23-10-14-11-24-13(2)20-14/h3-9,11H,10H2,1-2H3,(H,19,21,22). The molecule has 0 fully saturated rings. The van der Waals surface area contributed by atoms with E-state index in [9.17, 15) is 4.79 Å². The lowest BCUT2D eigenvalue weighted by Crippen LogP contribution is -2.14. The third-order valence-electron chi connectivity index (χ3n) is 3.30. The summed E-state index contributed by atoms with van der Waals surface area (Å²) < 4.78 is 5.78. The molecule has 1 aromatic carbocycles. The number of ether oxygens (including phenoxy) is 1. The maximum Gasteiger partial charge on any atom is 0.260 e. The van der Waals surface area contributed by atoms with E-state index in [0.29, 0.717) is 23.7 Å². The lowest BCUT2D eigenvalue weighted by Gasteiger charge is -2.11. The van der Waals surface area contributed by atoms with Gasteiger partial charge in [0, 0.05) is 11.1 Å². The van der Waals surface area contributed by atoms with E-state index >= 15 is 0 Å². The Hall–Kier alpha value is -2.73. The maximum absolute atomic E-state index is 12.5. The fraction of sp³-hybridized carbons (Fsp3) is 0.167. The molecule has 24 heavy (non-hydrogen) atoms. The summed E-state index contributed by atoms with van der Waals surface area (Å²) in [5, 5.41) is 5.74. The van der Waals surface area contributed by atoms with Crippen molar-refractivity contribution in [3.63, 3.8) is 0 Å². The molecular formula is C18H17N3O2S. The molecule has 1 N–H and O–H groups in total. The SMILES string of the molecule is Cc1cccc(NC(=O)c2ccccc2OCc2csc(C)n2)n1. The largest absolute Gasteiger partial charge is 0.486 e. The minimum Gasteiger partial charge on any atom is -0.486 e. The van der Waals surface area contributed by atoms with Crippen LogP contribution in [-0.4, -0.2) is 15.9 Å². The fourth-order valence-electron chi connectivity index (χ4n) is 2.20. The molecule has 0 radical (unpaired) electrons. The van der Waals surface area contributed by atoms with E-state index in [1.165, 1.54) is 0 Å². The number of nitrogens with one attached hydrogen (secondary N) is 1. The van der Waals surface area contributed by atoms with Gasteiger partial charge in [-0.1, -0.05) is 18.2 Å². The highest BCUT2D eigenvalue weighted by Crippen LogP contribution is 2.21. The van der Waals surface area contributed by atoms with E-state index in [4.69, 9.17) is 4.74 Å². The Labute approximate surface area is 144 Å². The molecule has 1 amide bonds. The van der Waals surface area contributed by atoms with Crippen molar-refractivity contribution in [3.05, 3.63) is 69.8 Å². The van der Waals surface area contributed by atoms with Crippen LogP contribution in [0, 0.1) is 13.8 Å². The van der Waals surface area contributed by atoms with Crippen LogP contribution < -0.4 is 10.1 Å². The average molecular weight is 339 g/mol. The second kappa shape index (κ2) is 7.23. The number of rotatable bonds is 5. The molecule has 3 rings (SSSR count). The van der Waals surface area contributed by atoms with Crippen molar-refractivity contribution in [1.29, 1.82) is 0 Å². The predicted octanol–water partition coefficient (Wildman–Crippen LogP) is 3.99. The van der Waals surface area contributed by atoms with Crippen molar-refractivity contribution in [2.24, 2.45) is 0 Å². The Morgan fingerprint density at radius 2 is 1.96 bits per heavy atom. The third kappa shape index (κ3) is 3.97. The van der Waals surface area contributed by atoms with Gasteiger partial charge in [-0.15, -0.1) is 11.3 Å². The number of aromatic nitrogens is 2. The highest BCUT2D eigenvalue weighted by atomic mass is 32.1. The zero-order valence-corrected chi connectivity index (χ0v) is 14.3. The summed E-state index contributed by atoms with van der Waals surface area (Å²) in [5.74, 6) is 0.788. The summed E-state index contributed by atoms with van der Waals surface area (Å²) in [5.41, 5.74) is 2.16. The summed E-state index contributed by atoms with van der Waals surface area (Å²) in [6.45, 7) is 4.16. The number of hydrogen-bond donors (Lipinski definition) is 1. The second-order valence-corrected chi connectivity index (χ2v) is 6.32. The van der Waals surface area contributed by atoms with Gasteiger partial charge in [0.25, 0.3) is 5.91 Å². The minimum atomic E-state index is -0.252. The van der Waals surface area contributed by atoms with Gasteiger partial charge in [0.1, 0.15) is 18.2 Å². The minimum absolute atomic E-state index is 0.252. The maximum atomic E-state index is 12.5. The van der Waals surface area contributed by atoms with Gasteiger partial charge in [0.05, 0.1) is 16.3 Å². The fourth-order valence-corrected chi connectivity index (χ4v) is 2.80. The van der Waals surface area contributed by atoms with Gasteiger partial charge < -0.3 is 10.1 Å². The summed E-state index contributed by atoms with van der Waals surface area (Å²) >= 11 is 1.57. The number of thiazole rings is 1. The summed E-state index contributed by atoms with van der Waals surface area (Å²) in [6, 6.07) is 12.6. The molecule has 0 unspecified atom stereocenters. The van der Waals surface area contributed by atoms with Crippen molar-refractivity contribution < 1.29 is 9.53 Å². The molecule has 122 valence electrons. The normalized spacial score (nSPS) is 10.4. The Balaban J connectivity index is 1.74. The monoisotopic (exact) mass is 339 g/mol. The van der Waals surface area contributed by atoms with Crippen LogP contribution in [0.5, 0.6) is 5.75 Å². The predicted molar refractivity (Wildman–Crippen MR) is 94.6 cm³/mol. The first-order valence-electron chi connectivity index (χ1n) is 7.49. The molecule has 2 heterocycles. The summed E-state index contributed by atoms with van der Waals surface area (Å²) in [4.78, 5) is 21.2. The van der Waals surface area contributed by atoms with Crippen LogP contribution in [-0.2, 0) is 6.61 Å². The zero-order valence-electron chi connectivity index (χ0n) is 13.4. The first-order valence-corrected chi connectivity index (χ1v) is 8.37. The molecule has 0 aliphatic rings. The smallest absolute Gasteiger partial charge is 0.260 e. The Morgan fingerprint density at radius 3 is 2.71 bits per heavy atom. The number of anilines is 1. The van der Waals surface area contributed by atoms with Gasteiger partial charge in [0.2, 0.25) is 0 Å². The number of hydrogen-bond acceptors (Lipinski definition) is 5. The molecule has 0 spiro atoms. The van der Waals surface area contributed by atoms with Crippen LogP contribution in [0.25, 0.3) is 0 Å². The van der Waals surface area contributed by atoms with Crippen LogP contribution >= 0.6 is 11.3 Å². The van der Waals surface area contributed by atoms with Crippen molar-refractivity contribution in [2.45, 2.75) is 20.5 Å². The highest BCUT2D eigenvalue weighted by Gasteiger charge is 2.13.